The molecule has 0 amide bonds. The second-order valence-corrected chi connectivity index (χ2v) is 5.68. The van der Waals surface area contributed by atoms with Crippen LogP contribution < -0.4 is 5.32 Å². The van der Waals surface area contributed by atoms with Crippen LogP contribution in [0.2, 0.25) is 0 Å². The number of nitrogens with one attached hydrogen (secondary N) is 1. The molecule has 1 atom stereocenters. The molecule has 0 heterocycles. The minimum Gasteiger partial charge on any atom is -0.317 e. The Morgan fingerprint density at radius 1 is 1.19 bits per heavy atom. The van der Waals surface area contributed by atoms with Crippen LogP contribution in [0.3, 0.4) is 0 Å². The summed E-state index contributed by atoms with van der Waals surface area (Å²) in [6.07, 6.45) is 6.71. The van der Waals surface area contributed by atoms with Gasteiger partial charge in [-0.2, -0.15) is 0 Å². The molecule has 96 valence electrons. The van der Waals surface area contributed by atoms with Crippen LogP contribution in [0.4, 0.5) is 0 Å². The summed E-state index contributed by atoms with van der Waals surface area (Å²) < 4.78 is 0. The molecular formula is C14H30N2. The van der Waals surface area contributed by atoms with Crippen LogP contribution in [0.15, 0.2) is 0 Å². The molecule has 0 bridgehead atoms. The third-order valence-corrected chi connectivity index (χ3v) is 4.39. The van der Waals surface area contributed by atoms with Crippen LogP contribution in [-0.4, -0.2) is 37.1 Å². The minimum atomic E-state index is 0.760. The van der Waals surface area contributed by atoms with Gasteiger partial charge in [-0.3, -0.25) is 0 Å². The molecular weight excluding hydrogens is 196 g/mol. The van der Waals surface area contributed by atoms with Crippen LogP contribution in [0, 0.1) is 5.92 Å². The predicted molar refractivity (Wildman–Crippen MR) is 71.8 cm³/mol. The van der Waals surface area contributed by atoms with E-state index < -0.39 is 0 Å². The highest BCUT2D eigenvalue weighted by Gasteiger charge is 2.27. The lowest BCUT2D eigenvalue weighted by Gasteiger charge is -2.40. The predicted octanol–water partition coefficient (Wildman–Crippen LogP) is 2.88. The standard InChI is InChI=1S/C14H30N2/c1-6-14(11(2)3)16(5)13-9-7-12(15-4)8-10-13/h11-15H,6-10H2,1-5H3. The molecule has 1 saturated carbocycles. The van der Waals surface area contributed by atoms with E-state index in [0.717, 1.165) is 24.0 Å². The molecule has 0 aromatic rings. The van der Waals surface area contributed by atoms with Gasteiger partial charge in [0.05, 0.1) is 0 Å². The van der Waals surface area contributed by atoms with E-state index in [2.05, 4.69) is 45.1 Å². The Morgan fingerprint density at radius 2 is 1.75 bits per heavy atom. The van der Waals surface area contributed by atoms with Crippen LogP contribution in [0.25, 0.3) is 0 Å². The first kappa shape index (κ1) is 14.0. The average molecular weight is 226 g/mol. The number of hydrogen-bond acceptors (Lipinski definition) is 2. The largest absolute Gasteiger partial charge is 0.317 e. The number of rotatable bonds is 5. The third-order valence-electron chi connectivity index (χ3n) is 4.39. The molecule has 1 unspecified atom stereocenters. The zero-order valence-electron chi connectivity index (χ0n) is 11.8. The Hall–Kier alpha value is -0.0800. The normalized spacial score (nSPS) is 28.7. The quantitative estimate of drug-likeness (QED) is 0.775. The van der Waals surface area contributed by atoms with Crippen molar-refractivity contribution in [3.8, 4) is 0 Å². The molecule has 1 aliphatic rings. The van der Waals surface area contributed by atoms with Crippen molar-refractivity contribution in [3.63, 3.8) is 0 Å². The lowest BCUT2D eigenvalue weighted by molar-refractivity contribution is 0.0982. The molecule has 0 aromatic carbocycles. The van der Waals surface area contributed by atoms with Gasteiger partial charge in [-0.1, -0.05) is 20.8 Å². The van der Waals surface area contributed by atoms with Gasteiger partial charge in [0.15, 0.2) is 0 Å². The fourth-order valence-corrected chi connectivity index (χ4v) is 3.27. The molecule has 2 nitrogen and oxygen atoms in total. The zero-order chi connectivity index (χ0) is 12.1. The highest BCUT2D eigenvalue weighted by atomic mass is 15.2. The molecule has 1 rings (SSSR count). The summed E-state index contributed by atoms with van der Waals surface area (Å²) in [6.45, 7) is 7.02. The van der Waals surface area contributed by atoms with Crippen molar-refractivity contribution < 1.29 is 0 Å². The smallest absolute Gasteiger partial charge is 0.0115 e. The van der Waals surface area contributed by atoms with Gasteiger partial charge in [-0.15, -0.1) is 0 Å². The highest BCUT2D eigenvalue weighted by molar-refractivity contribution is 4.84. The lowest BCUT2D eigenvalue weighted by atomic mass is 9.88. The van der Waals surface area contributed by atoms with Crippen LogP contribution in [-0.2, 0) is 0 Å². The van der Waals surface area contributed by atoms with E-state index in [1.807, 2.05) is 0 Å². The molecule has 1 N–H and O–H groups in total. The van der Waals surface area contributed by atoms with Gasteiger partial charge < -0.3 is 10.2 Å². The molecule has 0 aliphatic heterocycles. The van der Waals surface area contributed by atoms with E-state index in [-0.39, 0.29) is 0 Å². The summed E-state index contributed by atoms with van der Waals surface area (Å²) in [6, 6.07) is 2.34. The SMILES string of the molecule is CCC(C(C)C)N(C)C1CCC(NC)CC1. The maximum atomic E-state index is 3.41. The van der Waals surface area contributed by atoms with Crippen molar-refractivity contribution in [1.82, 2.24) is 10.2 Å². The van der Waals surface area contributed by atoms with Crippen molar-refractivity contribution in [2.75, 3.05) is 14.1 Å². The van der Waals surface area contributed by atoms with Gasteiger partial charge in [0.1, 0.15) is 0 Å². The van der Waals surface area contributed by atoms with E-state index >= 15 is 0 Å². The minimum absolute atomic E-state index is 0.760. The third kappa shape index (κ3) is 3.46. The Morgan fingerprint density at radius 3 is 2.12 bits per heavy atom. The Labute approximate surface area is 102 Å². The fraction of sp³-hybridized carbons (Fsp3) is 1.00. The van der Waals surface area contributed by atoms with Crippen LogP contribution in [0.1, 0.15) is 52.9 Å². The summed E-state index contributed by atoms with van der Waals surface area (Å²) in [5.74, 6) is 0.775. The van der Waals surface area contributed by atoms with Gasteiger partial charge >= 0.3 is 0 Å². The Balaban J connectivity index is 2.45. The zero-order valence-corrected chi connectivity index (χ0v) is 11.8. The van der Waals surface area contributed by atoms with E-state index in [4.69, 9.17) is 0 Å². The molecule has 1 aliphatic carbocycles. The summed E-state index contributed by atoms with van der Waals surface area (Å²) in [5, 5.41) is 3.41. The summed E-state index contributed by atoms with van der Waals surface area (Å²) in [4.78, 5) is 2.65. The van der Waals surface area contributed by atoms with Crippen molar-refractivity contribution >= 4 is 0 Å². The van der Waals surface area contributed by atoms with Gasteiger partial charge in [-0.25, -0.2) is 0 Å². The Bertz CT molecular complexity index is 183. The van der Waals surface area contributed by atoms with Gasteiger partial charge in [0, 0.05) is 18.1 Å². The molecule has 0 saturated heterocycles. The molecule has 0 radical (unpaired) electrons. The van der Waals surface area contributed by atoms with E-state index in [0.29, 0.717) is 0 Å². The summed E-state index contributed by atoms with van der Waals surface area (Å²) in [7, 11) is 4.43. The first-order valence-electron chi connectivity index (χ1n) is 6.99. The first-order chi connectivity index (χ1) is 7.60. The summed E-state index contributed by atoms with van der Waals surface area (Å²) in [5.41, 5.74) is 0. The van der Waals surface area contributed by atoms with Crippen molar-refractivity contribution in [3.05, 3.63) is 0 Å². The molecule has 0 aromatic heterocycles. The van der Waals surface area contributed by atoms with Crippen molar-refractivity contribution in [2.45, 2.75) is 71.0 Å². The second kappa shape index (κ2) is 6.61. The first-order valence-corrected chi connectivity index (χ1v) is 6.99. The molecule has 2 heteroatoms. The number of nitrogens with zero attached hydrogens (tertiary/aromatic N) is 1. The highest BCUT2D eigenvalue weighted by Crippen LogP contribution is 2.26. The molecule has 1 fully saturated rings. The Kier molecular flexibility index (Phi) is 5.77. The lowest BCUT2D eigenvalue weighted by Crippen LogP contribution is -2.46. The summed E-state index contributed by atoms with van der Waals surface area (Å²) >= 11 is 0. The maximum absolute atomic E-state index is 3.41. The van der Waals surface area contributed by atoms with Crippen molar-refractivity contribution in [1.29, 1.82) is 0 Å². The maximum Gasteiger partial charge on any atom is 0.0115 e. The van der Waals surface area contributed by atoms with E-state index in [9.17, 15) is 0 Å². The molecule has 16 heavy (non-hydrogen) atoms. The number of hydrogen-bond donors (Lipinski definition) is 1. The fourth-order valence-electron chi connectivity index (χ4n) is 3.27. The van der Waals surface area contributed by atoms with E-state index in [1.165, 1.54) is 32.1 Å². The van der Waals surface area contributed by atoms with Gasteiger partial charge in [0.2, 0.25) is 0 Å². The average Bonchev–Trinajstić information content (AvgIpc) is 2.29. The second-order valence-electron chi connectivity index (χ2n) is 5.68. The van der Waals surface area contributed by atoms with E-state index in [1.54, 1.807) is 0 Å². The van der Waals surface area contributed by atoms with Crippen molar-refractivity contribution in [2.24, 2.45) is 5.92 Å². The molecule has 0 spiro atoms. The van der Waals surface area contributed by atoms with Gasteiger partial charge in [-0.05, 0) is 52.1 Å². The van der Waals surface area contributed by atoms with Gasteiger partial charge in [0.25, 0.3) is 0 Å². The monoisotopic (exact) mass is 226 g/mol. The van der Waals surface area contributed by atoms with Crippen LogP contribution in [0.5, 0.6) is 0 Å². The topological polar surface area (TPSA) is 15.3 Å². The van der Waals surface area contributed by atoms with Crippen LogP contribution >= 0.6 is 0 Å².